The Kier molecular flexibility index (Phi) is 4.89. The molecule has 0 amide bonds. The Morgan fingerprint density at radius 1 is 1.62 bits per heavy atom. The smallest absolute Gasteiger partial charge is 0.329 e. The molecule has 0 aromatic carbocycles. The molecule has 1 aromatic rings. The van der Waals surface area contributed by atoms with E-state index in [0.29, 0.717) is 18.1 Å². The number of hydrogen-bond acceptors (Lipinski definition) is 8. The number of hydrogen-bond donors (Lipinski definition) is 0. The maximum Gasteiger partial charge on any atom is 0.329 e. The number of rotatable bonds is 4. The van der Waals surface area contributed by atoms with Gasteiger partial charge in [-0.1, -0.05) is 6.92 Å². The largest absolute Gasteiger partial charge is 0.332 e. The van der Waals surface area contributed by atoms with Crippen LogP contribution in [0.5, 0.6) is 0 Å². The Balaban J connectivity index is 2.52. The Hall–Kier alpha value is -1.13. The molecule has 2 rings (SSSR count). The van der Waals surface area contributed by atoms with Crippen molar-refractivity contribution >= 4 is 44.7 Å². The first-order chi connectivity index (χ1) is 9.86. The Labute approximate surface area is 131 Å². The monoisotopic (exact) mass is 352 g/mol. The van der Waals surface area contributed by atoms with Gasteiger partial charge in [-0.25, -0.2) is 13.4 Å². The van der Waals surface area contributed by atoms with E-state index in [1.54, 1.807) is 6.92 Å². The fraction of sp³-hybridized carbons (Fsp3) is 0.600. The number of thioether (sulfide) groups is 1. The normalized spacial score (nSPS) is 19.5. The van der Waals surface area contributed by atoms with Crippen LogP contribution in [0.3, 0.4) is 0 Å². The Morgan fingerprint density at radius 3 is 2.95 bits per heavy atom. The van der Waals surface area contributed by atoms with Gasteiger partial charge in [0.2, 0.25) is 11.1 Å². The van der Waals surface area contributed by atoms with Gasteiger partial charge in [0.05, 0.1) is 4.92 Å². The number of nitrogens with zero attached hydrogens (tertiary/aromatic N) is 4. The SMILES string of the molecule is CCS(=O)(=O)C1CSCCN1c1nc(Cl)ncc1[N+](=O)[O-]. The molecule has 116 valence electrons. The summed E-state index contributed by atoms with van der Waals surface area (Å²) in [6, 6.07) is 0. The van der Waals surface area contributed by atoms with Crippen molar-refractivity contribution in [2.75, 3.05) is 28.7 Å². The van der Waals surface area contributed by atoms with E-state index in [2.05, 4.69) is 9.97 Å². The zero-order valence-electron chi connectivity index (χ0n) is 11.1. The predicted molar refractivity (Wildman–Crippen MR) is 81.6 cm³/mol. The molecule has 0 N–H and O–H groups in total. The summed E-state index contributed by atoms with van der Waals surface area (Å²) in [5.41, 5.74) is -0.345. The first-order valence-corrected chi connectivity index (χ1v) is 9.34. The van der Waals surface area contributed by atoms with Gasteiger partial charge in [0.15, 0.2) is 9.84 Å². The highest BCUT2D eigenvalue weighted by molar-refractivity contribution is 8.01. The third kappa shape index (κ3) is 3.38. The molecule has 1 fully saturated rings. The van der Waals surface area contributed by atoms with Gasteiger partial charge in [-0.05, 0) is 11.6 Å². The van der Waals surface area contributed by atoms with Gasteiger partial charge < -0.3 is 4.90 Å². The first-order valence-electron chi connectivity index (χ1n) is 6.09. The first kappa shape index (κ1) is 16.2. The number of anilines is 1. The standard InChI is InChI=1S/C10H13ClN4O4S2/c1-2-21(18,19)8-6-20-4-3-14(8)9-7(15(16)17)5-12-10(11)13-9/h5,8H,2-4,6H2,1H3. The van der Waals surface area contributed by atoms with Crippen LogP contribution in [0.2, 0.25) is 5.28 Å². The van der Waals surface area contributed by atoms with Crippen LogP contribution in [0.4, 0.5) is 11.5 Å². The molecule has 1 saturated heterocycles. The Morgan fingerprint density at radius 2 is 2.33 bits per heavy atom. The number of sulfone groups is 1. The van der Waals surface area contributed by atoms with Crippen LogP contribution in [0, 0.1) is 10.1 Å². The van der Waals surface area contributed by atoms with Gasteiger partial charge in [-0.15, -0.1) is 0 Å². The highest BCUT2D eigenvalue weighted by atomic mass is 35.5. The second-order valence-corrected chi connectivity index (χ2v) is 8.21. The third-order valence-corrected chi connectivity index (χ3v) is 6.56. The molecule has 8 nitrogen and oxygen atoms in total. The van der Waals surface area contributed by atoms with Crippen LogP contribution >= 0.6 is 23.4 Å². The van der Waals surface area contributed by atoms with E-state index in [4.69, 9.17) is 11.6 Å². The second kappa shape index (κ2) is 6.32. The quantitative estimate of drug-likeness (QED) is 0.454. The molecule has 1 atom stereocenters. The lowest BCUT2D eigenvalue weighted by atomic mass is 10.4. The molecule has 0 radical (unpaired) electrons. The van der Waals surface area contributed by atoms with Crippen LogP contribution in [-0.2, 0) is 9.84 Å². The molecular formula is C10H13ClN4O4S2. The number of nitro groups is 1. The molecule has 1 aliphatic rings. The number of halogens is 1. The van der Waals surface area contributed by atoms with Crippen molar-refractivity contribution in [3.63, 3.8) is 0 Å². The fourth-order valence-electron chi connectivity index (χ4n) is 2.00. The summed E-state index contributed by atoms with van der Waals surface area (Å²) in [7, 11) is -3.39. The van der Waals surface area contributed by atoms with Gasteiger partial charge in [-0.3, -0.25) is 10.1 Å². The molecule has 0 spiro atoms. The lowest BCUT2D eigenvalue weighted by Crippen LogP contribution is -2.48. The number of aromatic nitrogens is 2. The molecule has 1 aliphatic heterocycles. The van der Waals surface area contributed by atoms with Crippen LogP contribution in [0.1, 0.15) is 6.92 Å². The summed E-state index contributed by atoms with van der Waals surface area (Å²) < 4.78 is 24.4. The minimum atomic E-state index is -3.39. The van der Waals surface area contributed by atoms with E-state index in [-0.39, 0.29) is 22.5 Å². The summed E-state index contributed by atoms with van der Waals surface area (Å²) in [5.74, 6) is 0.924. The van der Waals surface area contributed by atoms with Crippen LogP contribution in [0.15, 0.2) is 6.20 Å². The van der Waals surface area contributed by atoms with Crippen molar-refractivity contribution in [3.05, 3.63) is 21.6 Å². The van der Waals surface area contributed by atoms with E-state index in [0.717, 1.165) is 6.20 Å². The van der Waals surface area contributed by atoms with Gasteiger partial charge in [-0.2, -0.15) is 16.7 Å². The zero-order valence-corrected chi connectivity index (χ0v) is 13.5. The summed E-state index contributed by atoms with van der Waals surface area (Å²) >= 11 is 7.21. The zero-order chi connectivity index (χ0) is 15.6. The average molecular weight is 353 g/mol. The maximum atomic E-state index is 12.2. The molecule has 2 heterocycles. The van der Waals surface area contributed by atoms with Crippen molar-refractivity contribution in [2.24, 2.45) is 0 Å². The topological polar surface area (TPSA) is 106 Å². The molecule has 21 heavy (non-hydrogen) atoms. The molecule has 0 aliphatic carbocycles. The molecule has 1 unspecified atom stereocenters. The predicted octanol–water partition coefficient (Wildman–Crippen LogP) is 1.35. The summed E-state index contributed by atoms with van der Waals surface area (Å²) in [6.07, 6.45) is 1.00. The van der Waals surface area contributed by atoms with E-state index >= 15 is 0 Å². The van der Waals surface area contributed by atoms with Gasteiger partial charge >= 0.3 is 5.69 Å². The van der Waals surface area contributed by atoms with Crippen LogP contribution < -0.4 is 4.90 Å². The van der Waals surface area contributed by atoms with E-state index < -0.39 is 20.1 Å². The summed E-state index contributed by atoms with van der Waals surface area (Å²) in [6.45, 7) is 1.90. The highest BCUT2D eigenvalue weighted by Gasteiger charge is 2.37. The highest BCUT2D eigenvalue weighted by Crippen LogP contribution is 2.32. The van der Waals surface area contributed by atoms with Crippen molar-refractivity contribution in [1.82, 2.24) is 9.97 Å². The molecule has 0 saturated carbocycles. The maximum absolute atomic E-state index is 12.2. The van der Waals surface area contributed by atoms with E-state index in [1.807, 2.05) is 0 Å². The third-order valence-electron chi connectivity index (χ3n) is 3.09. The van der Waals surface area contributed by atoms with Crippen molar-refractivity contribution < 1.29 is 13.3 Å². The molecule has 0 bridgehead atoms. The minimum absolute atomic E-state index is 0.0395. The molecular weight excluding hydrogens is 340 g/mol. The summed E-state index contributed by atoms with van der Waals surface area (Å²) in [5, 5.41) is 10.1. The molecule has 11 heteroatoms. The fourth-order valence-corrected chi connectivity index (χ4v) is 5.10. The van der Waals surface area contributed by atoms with Crippen molar-refractivity contribution in [2.45, 2.75) is 12.3 Å². The lowest BCUT2D eigenvalue weighted by molar-refractivity contribution is -0.384. The minimum Gasteiger partial charge on any atom is -0.332 e. The van der Waals surface area contributed by atoms with Gasteiger partial charge in [0.1, 0.15) is 11.6 Å². The Bertz CT molecular complexity index is 654. The second-order valence-electron chi connectivity index (χ2n) is 4.28. The van der Waals surface area contributed by atoms with E-state index in [1.165, 1.54) is 16.7 Å². The average Bonchev–Trinajstić information content (AvgIpc) is 2.46. The van der Waals surface area contributed by atoms with Crippen molar-refractivity contribution in [3.8, 4) is 0 Å². The van der Waals surface area contributed by atoms with Gasteiger partial charge in [0, 0.05) is 23.8 Å². The molecule has 1 aromatic heterocycles. The van der Waals surface area contributed by atoms with E-state index in [9.17, 15) is 18.5 Å². The summed E-state index contributed by atoms with van der Waals surface area (Å²) in [4.78, 5) is 19.4. The van der Waals surface area contributed by atoms with Crippen LogP contribution in [0.25, 0.3) is 0 Å². The lowest BCUT2D eigenvalue weighted by Gasteiger charge is -2.35. The van der Waals surface area contributed by atoms with Gasteiger partial charge in [0.25, 0.3) is 0 Å². The van der Waals surface area contributed by atoms with Crippen LogP contribution in [-0.4, -0.2) is 52.5 Å². The van der Waals surface area contributed by atoms with Crippen molar-refractivity contribution in [1.29, 1.82) is 0 Å².